The van der Waals surface area contributed by atoms with Crippen LogP contribution in [-0.2, 0) is 0 Å². The maximum Gasteiger partial charge on any atom is 0.198 e. The van der Waals surface area contributed by atoms with E-state index >= 15 is 0 Å². The summed E-state index contributed by atoms with van der Waals surface area (Å²) in [6.07, 6.45) is 1.46. The number of halogens is 1. The lowest BCUT2D eigenvalue weighted by Crippen LogP contribution is -1.97. The molecule has 5 heteroatoms. The van der Waals surface area contributed by atoms with Crippen LogP contribution < -0.4 is 5.73 Å². The number of aromatic nitrogens is 2. The average molecular weight is 221 g/mol. The number of nitrogen functional groups attached to an aromatic ring is 1. The van der Waals surface area contributed by atoms with Crippen LogP contribution in [0.2, 0.25) is 0 Å². The van der Waals surface area contributed by atoms with Crippen molar-refractivity contribution in [1.82, 2.24) is 9.97 Å². The van der Waals surface area contributed by atoms with E-state index in [0.29, 0.717) is 16.9 Å². The van der Waals surface area contributed by atoms with Gasteiger partial charge < -0.3 is 10.7 Å². The summed E-state index contributed by atoms with van der Waals surface area (Å²) in [6, 6.07) is 6.36. The van der Waals surface area contributed by atoms with Crippen molar-refractivity contribution in [1.29, 1.82) is 0 Å². The van der Waals surface area contributed by atoms with Crippen LogP contribution in [0, 0.1) is 10.6 Å². The Labute approximate surface area is 90.8 Å². The van der Waals surface area contributed by atoms with Gasteiger partial charge in [-0.1, -0.05) is 18.2 Å². The first-order valence-corrected chi connectivity index (χ1v) is 4.69. The second-order valence-corrected chi connectivity index (χ2v) is 3.38. The lowest BCUT2D eigenvalue weighted by molar-refractivity contribution is 0.631. The summed E-state index contributed by atoms with van der Waals surface area (Å²) in [5, 5.41) is 0. The van der Waals surface area contributed by atoms with Gasteiger partial charge in [-0.25, -0.2) is 9.37 Å². The molecule has 0 unspecified atom stereocenters. The van der Waals surface area contributed by atoms with Crippen LogP contribution in [0.1, 0.15) is 0 Å². The molecule has 1 aromatic carbocycles. The SMILES string of the molecule is Nc1[nH]c(=S)ncc1-c1ccccc1F. The number of aromatic amines is 1. The number of anilines is 1. The smallest absolute Gasteiger partial charge is 0.198 e. The molecule has 0 amide bonds. The van der Waals surface area contributed by atoms with Crippen LogP contribution in [0.5, 0.6) is 0 Å². The number of nitrogens with two attached hydrogens (primary N) is 1. The first kappa shape index (κ1) is 9.79. The number of nitrogens with one attached hydrogen (secondary N) is 1. The van der Waals surface area contributed by atoms with E-state index in [2.05, 4.69) is 9.97 Å². The second-order valence-electron chi connectivity index (χ2n) is 3.00. The van der Waals surface area contributed by atoms with Gasteiger partial charge in [-0.3, -0.25) is 0 Å². The Hall–Kier alpha value is -1.75. The minimum absolute atomic E-state index is 0.285. The third-order valence-electron chi connectivity index (χ3n) is 2.01. The minimum atomic E-state index is -0.337. The molecule has 0 saturated carbocycles. The normalized spacial score (nSPS) is 10.2. The number of hydrogen-bond acceptors (Lipinski definition) is 3. The lowest BCUT2D eigenvalue weighted by Gasteiger charge is -2.05. The summed E-state index contributed by atoms with van der Waals surface area (Å²) in [5.41, 5.74) is 6.62. The molecule has 0 spiro atoms. The Morgan fingerprint density at radius 1 is 1.27 bits per heavy atom. The Morgan fingerprint density at radius 2 is 2.00 bits per heavy atom. The first-order valence-electron chi connectivity index (χ1n) is 4.28. The van der Waals surface area contributed by atoms with Crippen LogP contribution in [0.25, 0.3) is 11.1 Å². The zero-order chi connectivity index (χ0) is 10.8. The predicted molar refractivity (Wildman–Crippen MR) is 59.2 cm³/mol. The molecule has 0 aliphatic rings. The van der Waals surface area contributed by atoms with Crippen molar-refractivity contribution in [2.75, 3.05) is 5.73 Å². The quantitative estimate of drug-likeness (QED) is 0.727. The number of benzene rings is 1. The van der Waals surface area contributed by atoms with Gasteiger partial charge in [0.25, 0.3) is 0 Å². The van der Waals surface area contributed by atoms with Gasteiger partial charge in [0.1, 0.15) is 11.6 Å². The Bertz CT molecular complexity index is 550. The van der Waals surface area contributed by atoms with Crippen molar-refractivity contribution in [3.8, 4) is 11.1 Å². The molecule has 1 aromatic heterocycles. The van der Waals surface area contributed by atoms with Crippen molar-refractivity contribution >= 4 is 18.0 Å². The molecule has 3 nitrogen and oxygen atoms in total. The van der Waals surface area contributed by atoms with Gasteiger partial charge >= 0.3 is 0 Å². The number of rotatable bonds is 1. The van der Waals surface area contributed by atoms with E-state index in [1.807, 2.05) is 0 Å². The molecule has 0 aliphatic carbocycles. The van der Waals surface area contributed by atoms with Gasteiger partial charge in [0.2, 0.25) is 0 Å². The first-order chi connectivity index (χ1) is 7.18. The molecule has 0 bridgehead atoms. The maximum absolute atomic E-state index is 13.4. The minimum Gasteiger partial charge on any atom is -0.385 e. The number of nitrogens with zero attached hydrogens (tertiary/aromatic N) is 1. The third kappa shape index (κ3) is 1.87. The molecule has 0 radical (unpaired) electrons. The number of hydrogen-bond donors (Lipinski definition) is 2. The van der Waals surface area contributed by atoms with E-state index in [4.69, 9.17) is 18.0 Å². The molecule has 2 rings (SSSR count). The molecule has 76 valence electrons. The van der Waals surface area contributed by atoms with E-state index in [0.717, 1.165) is 0 Å². The zero-order valence-corrected chi connectivity index (χ0v) is 8.51. The molecule has 0 aliphatic heterocycles. The summed E-state index contributed by atoms with van der Waals surface area (Å²) >= 11 is 4.80. The van der Waals surface area contributed by atoms with E-state index in [1.54, 1.807) is 18.2 Å². The summed E-state index contributed by atoms with van der Waals surface area (Å²) in [7, 11) is 0. The maximum atomic E-state index is 13.4. The molecule has 0 fully saturated rings. The molecular formula is C10H8FN3S. The average Bonchev–Trinajstić information content (AvgIpc) is 2.20. The van der Waals surface area contributed by atoms with Gasteiger partial charge in [-0.05, 0) is 18.3 Å². The van der Waals surface area contributed by atoms with E-state index in [9.17, 15) is 4.39 Å². The zero-order valence-electron chi connectivity index (χ0n) is 7.70. The van der Waals surface area contributed by atoms with Gasteiger partial charge in [-0.2, -0.15) is 0 Å². The molecule has 0 saturated heterocycles. The van der Waals surface area contributed by atoms with Crippen molar-refractivity contribution in [2.24, 2.45) is 0 Å². The standard InChI is InChI=1S/C10H8FN3S/c11-8-4-2-1-3-6(8)7-5-13-10(15)14-9(7)12/h1-5H,(H3,12,13,14,15). The summed E-state index contributed by atoms with van der Waals surface area (Å²) in [5.74, 6) is -0.0170. The second kappa shape index (κ2) is 3.78. The topological polar surface area (TPSA) is 54.7 Å². The van der Waals surface area contributed by atoms with Gasteiger partial charge in [0.15, 0.2) is 4.77 Å². The Morgan fingerprint density at radius 3 is 2.67 bits per heavy atom. The highest BCUT2D eigenvalue weighted by Crippen LogP contribution is 2.25. The highest BCUT2D eigenvalue weighted by atomic mass is 32.1. The van der Waals surface area contributed by atoms with Gasteiger partial charge in [0, 0.05) is 17.3 Å². The van der Waals surface area contributed by atoms with Crippen molar-refractivity contribution < 1.29 is 4.39 Å². The van der Waals surface area contributed by atoms with Crippen molar-refractivity contribution in [3.63, 3.8) is 0 Å². The van der Waals surface area contributed by atoms with Crippen LogP contribution in [0.4, 0.5) is 10.2 Å². The number of H-pyrrole nitrogens is 1. The third-order valence-corrected chi connectivity index (χ3v) is 2.21. The van der Waals surface area contributed by atoms with Crippen molar-refractivity contribution in [3.05, 3.63) is 41.1 Å². The molecular weight excluding hydrogens is 213 g/mol. The van der Waals surface area contributed by atoms with Crippen LogP contribution in [-0.4, -0.2) is 9.97 Å². The highest BCUT2D eigenvalue weighted by Gasteiger charge is 2.07. The predicted octanol–water partition coefficient (Wildman–Crippen LogP) is 2.53. The van der Waals surface area contributed by atoms with Gasteiger partial charge in [-0.15, -0.1) is 0 Å². The van der Waals surface area contributed by atoms with Crippen LogP contribution in [0.3, 0.4) is 0 Å². The molecule has 2 aromatic rings. The largest absolute Gasteiger partial charge is 0.385 e. The monoisotopic (exact) mass is 221 g/mol. The van der Waals surface area contributed by atoms with E-state index in [1.165, 1.54) is 12.3 Å². The summed E-state index contributed by atoms with van der Waals surface area (Å²) in [4.78, 5) is 6.55. The van der Waals surface area contributed by atoms with Crippen LogP contribution in [0.15, 0.2) is 30.5 Å². The Kier molecular flexibility index (Phi) is 2.47. The molecule has 0 atom stereocenters. The lowest BCUT2D eigenvalue weighted by atomic mass is 10.1. The van der Waals surface area contributed by atoms with E-state index in [-0.39, 0.29) is 10.6 Å². The molecule has 3 N–H and O–H groups in total. The summed E-state index contributed by atoms with van der Waals surface area (Å²) in [6.45, 7) is 0. The van der Waals surface area contributed by atoms with Gasteiger partial charge in [0.05, 0.1) is 0 Å². The van der Waals surface area contributed by atoms with E-state index < -0.39 is 0 Å². The van der Waals surface area contributed by atoms with Crippen molar-refractivity contribution in [2.45, 2.75) is 0 Å². The fourth-order valence-corrected chi connectivity index (χ4v) is 1.46. The summed E-state index contributed by atoms with van der Waals surface area (Å²) < 4.78 is 13.7. The fourth-order valence-electron chi connectivity index (χ4n) is 1.30. The Balaban J connectivity index is 2.65. The molecule has 15 heavy (non-hydrogen) atoms. The van der Waals surface area contributed by atoms with Crippen LogP contribution >= 0.6 is 12.2 Å². The highest BCUT2D eigenvalue weighted by molar-refractivity contribution is 7.71. The fraction of sp³-hybridized carbons (Fsp3) is 0. The molecule has 1 heterocycles.